The first-order valence-corrected chi connectivity index (χ1v) is 5.32. The molecule has 1 fully saturated rings. The monoisotopic (exact) mass is 227 g/mol. The smallest absolute Gasteiger partial charge is 0.314 e. The lowest BCUT2D eigenvalue weighted by atomic mass is 10.3. The molecule has 0 aromatic carbocycles. The van der Waals surface area contributed by atoms with Crippen LogP contribution < -0.4 is 5.32 Å². The number of likely N-dealkylation sites (N-methyl/N-ethyl adjacent to an activating group) is 1. The first-order valence-electron chi connectivity index (χ1n) is 5.32. The molecule has 0 spiro atoms. The molecule has 0 radical (unpaired) electrons. The number of hydrogen-bond donors (Lipinski definition) is 1. The molecule has 0 aliphatic carbocycles. The highest BCUT2D eigenvalue weighted by atomic mass is 16.2. The molecule has 1 N–H and O–H groups in total. The van der Waals surface area contributed by atoms with E-state index in [1.165, 1.54) is 7.05 Å². The zero-order chi connectivity index (χ0) is 12.3. The summed E-state index contributed by atoms with van der Waals surface area (Å²) in [5.41, 5.74) is 0. The number of nitrogens with zero attached hydrogens (tertiary/aromatic N) is 2. The minimum atomic E-state index is -0.748. The van der Waals surface area contributed by atoms with Crippen LogP contribution in [0.25, 0.3) is 0 Å². The van der Waals surface area contributed by atoms with Gasteiger partial charge in [0.1, 0.15) is 0 Å². The van der Waals surface area contributed by atoms with Crippen molar-refractivity contribution in [3.05, 3.63) is 0 Å². The molecule has 0 aromatic rings. The fraction of sp³-hybridized carbons (Fsp3) is 0.700. The average molecular weight is 227 g/mol. The minimum absolute atomic E-state index is 0.285. The Morgan fingerprint density at radius 3 is 2.25 bits per heavy atom. The van der Waals surface area contributed by atoms with Gasteiger partial charge < -0.3 is 5.32 Å². The van der Waals surface area contributed by atoms with Crippen LogP contribution in [0.15, 0.2) is 0 Å². The van der Waals surface area contributed by atoms with Crippen molar-refractivity contribution in [3.63, 3.8) is 0 Å². The highest BCUT2D eigenvalue weighted by molar-refractivity contribution is 6.44. The van der Waals surface area contributed by atoms with Crippen LogP contribution in [0, 0.1) is 0 Å². The summed E-state index contributed by atoms with van der Waals surface area (Å²) in [4.78, 5) is 35.8. The molecule has 0 bridgehead atoms. The van der Waals surface area contributed by atoms with Crippen LogP contribution in [-0.4, -0.2) is 53.8 Å². The van der Waals surface area contributed by atoms with Gasteiger partial charge in [0.05, 0.1) is 0 Å². The van der Waals surface area contributed by atoms with Gasteiger partial charge in [0, 0.05) is 19.6 Å². The maximum absolute atomic E-state index is 11.4. The number of amides is 4. The lowest BCUT2D eigenvalue weighted by molar-refractivity contribution is -0.142. The van der Waals surface area contributed by atoms with E-state index < -0.39 is 17.8 Å². The Kier molecular flexibility index (Phi) is 4.00. The number of hydrogen-bond acceptors (Lipinski definition) is 4. The van der Waals surface area contributed by atoms with Gasteiger partial charge in [-0.25, -0.2) is 4.79 Å². The quantitative estimate of drug-likeness (QED) is 0.401. The predicted molar refractivity (Wildman–Crippen MR) is 57.6 cm³/mol. The fourth-order valence-electron chi connectivity index (χ4n) is 1.44. The average Bonchev–Trinajstić information content (AvgIpc) is 2.40. The van der Waals surface area contributed by atoms with Crippen molar-refractivity contribution in [1.82, 2.24) is 15.1 Å². The summed E-state index contributed by atoms with van der Waals surface area (Å²) in [5.74, 6) is -1.47. The van der Waals surface area contributed by atoms with Gasteiger partial charge in [0.2, 0.25) is 0 Å². The summed E-state index contributed by atoms with van der Waals surface area (Å²) >= 11 is 0. The molecule has 1 saturated heterocycles. The van der Waals surface area contributed by atoms with E-state index in [0.29, 0.717) is 19.0 Å². The molecular weight excluding hydrogens is 210 g/mol. The first-order chi connectivity index (χ1) is 7.45. The fourth-order valence-corrected chi connectivity index (χ4v) is 1.44. The summed E-state index contributed by atoms with van der Waals surface area (Å²) < 4.78 is 0. The minimum Gasteiger partial charge on any atom is -0.314 e. The Balaban J connectivity index is 2.40. The lowest BCUT2D eigenvalue weighted by Gasteiger charge is -2.13. The molecule has 4 amide bonds. The molecule has 16 heavy (non-hydrogen) atoms. The third-order valence-corrected chi connectivity index (χ3v) is 2.36. The number of imide groups is 2. The van der Waals surface area contributed by atoms with Gasteiger partial charge in [-0.15, -0.1) is 0 Å². The van der Waals surface area contributed by atoms with Crippen LogP contribution in [-0.2, 0) is 9.59 Å². The van der Waals surface area contributed by atoms with Crippen LogP contribution in [0.2, 0.25) is 0 Å². The highest BCUT2D eigenvalue weighted by Crippen LogP contribution is 2.09. The topological polar surface area (TPSA) is 69.7 Å². The van der Waals surface area contributed by atoms with Crippen molar-refractivity contribution in [2.45, 2.75) is 26.3 Å². The van der Waals surface area contributed by atoms with Gasteiger partial charge in [-0.1, -0.05) is 13.8 Å². The maximum Gasteiger partial charge on any atom is 0.333 e. The molecule has 1 aliphatic rings. The zero-order valence-electron chi connectivity index (χ0n) is 9.82. The Hall–Kier alpha value is -1.43. The van der Waals surface area contributed by atoms with Crippen LogP contribution in [0.3, 0.4) is 0 Å². The van der Waals surface area contributed by atoms with E-state index in [1.54, 1.807) is 0 Å². The number of rotatable bonds is 5. The molecule has 6 nitrogen and oxygen atoms in total. The first kappa shape index (κ1) is 12.6. The molecular formula is C10H17N3O3. The maximum atomic E-state index is 11.4. The summed E-state index contributed by atoms with van der Waals surface area (Å²) in [7, 11) is 1.31. The summed E-state index contributed by atoms with van der Waals surface area (Å²) in [6.07, 6.45) is 0.650. The van der Waals surface area contributed by atoms with E-state index in [4.69, 9.17) is 0 Å². The second-order valence-corrected chi connectivity index (χ2v) is 4.07. The SMILES string of the molecule is CC(C)NCCCN1C(=O)C(=O)N(C)C1=O. The molecule has 1 heterocycles. The van der Waals surface area contributed by atoms with Crippen LogP contribution in [0.5, 0.6) is 0 Å². The van der Waals surface area contributed by atoms with Crippen molar-refractivity contribution in [3.8, 4) is 0 Å². The normalized spacial score (nSPS) is 16.9. The highest BCUT2D eigenvalue weighted by Gasteiger charge is 2.41. The Bertz CT molecular complexity index is 314. The second-order valence-electron chi connectivity index (χ2n) is 4.07. The van der Waals surface area contributed by atoms with Gasteiger partial charge >= 0.3 is 17.8 Å². The zero-order valence-corrected chi connectivity index (χ0v) is 9.82. The van der Waals surface area contributed by atoms with E-state index in [0.717, 1.165) is 9.80 Å². The summed E-state index contributed by atoms with van der Waals surface area (Å²) in [5, 5.41) is 3.17. The van der Waals surface area contributed by atoms with Crippen molar-refractivity contribution in [2.24, 2.45) is 0 Å². The number of nitrogens with one attached hydrogen (secondary N) is 1. The molecule has 0 saturated carbocycles. The van der Waals surface area contributed by atoms with Gasteiger partial charge in [0.25, 0.3) is 0 Å². The standard InChI is InChI=1S/C10H17N3O3/c1-7(2)11-5-4-6-13-9(15)8(14)12(3)10(13)16/h7,11H,4-6H2,1-3H3. The second kappa shape index (κ2) is 5.07. The van der Waals surface area contributed by atoms with Crippen LogP contribution in [0.1, 0.15) is 20.3 Å². The summed E-state index contributed by atoms with van der Waals surface area (Å²) in [6, 6.07) is -0.158. The summed E-state index contributed by atoms with van der Waals surface area (Å²) in [6.45, 7) is 5.03. The number of urea groups is 1. The van der Waals surface area contributed by atoms with Crippen molar-refractivity contribution < 1.29 is 14.4 Å². The Morgan fingerprint density at radius 2 is 1.81 bits per heavy atom. The van der Waals surface area contributed by atoms with Crippen molar-refractivity contribution in [2.75, 3.05) is 20.1 Å². The van der Waals surface area contributed by atoms with Gasteiger partial charge in [-0.2, -0.15) is 0 Å². The molecule has 6 heteroatoms. The lowest BCUT2D eigenvalue weighted by Crippen LogP contribution is -2.34. The Morgan fingerprint density at radius 1 is 1.19 bits per heavy atom. The van der Waals surface area contributed by atoms with Crippen LogP contribution >= 0.6 is 0 Å². The molecule has 90 valence electrons. The largest absolute Gasteiger partial charge is 0.333 e. The molecule has 0 aromatic heterocycles. The van der Waals surface area contributed by atoms with Gasteiger partial charge in [0.15, 0.2) is 0 Å². The number of carbonyl (C=O) groups is 3. The third-order valence-electron chi connectivity index (χ3n) is 2.36. The third kappa shape index (κ3) is 2.57. The Labute approximate surface area is 94.6 Å². The van der Waals surface area contributed by atoms with E-state index >= 15 is 0 Å². The number of carbonyl (C=O) groups excluding carboxylic acids is 3. The van der Waals surface area contributed by atoms with Crippen molar-refractivity contribution >= 4 is 17.8 Å². The van der Waals surface area contributed by atoms with Gasteiger partial charge in [-0.05, 0) is 13.0 Å². The molecule has 1 rings (SSSR count). The molecule has 1 aliphatic heterocycles. The molecule has 0 atom stereocenters. The van der Waals surface area contributed by atoms with Crippen LogP contribution in [0.4, 0.5) is 4.79 Å². The van der Waals surface area contributed by atoms with E-state index in [1.807, 2.05) is 13.8 Å². The van der Waals surface area contributed by atoms with Gasteiger partial charge in [-0.3, -0.25) is 19.4 Å². The van der Waals surface area contributed by atoms with E-state index in [9.17, 15) is 14.4 Å². The van der Waals surface area contributed by atoms with E-state index in [2.05, 4.69) is 5.32 Å². The van der Waals surface area contributed by atoms with Crippen molar-refractivity contribution in [1.29, 1.82) is 0 Å². The van der Waals surface area contributed by atoms with E-state index in [-0.39, 0.29) is 6.54 Å². The predicted octanol–water partition coefficient (Wildman–Crippen LogP) is -0.205. The molecule has 0 unspecified atom stereocenters.